The Morgan fingerprint density at radius 2 is 1.69 bits per heavy atom. The molecule has 3 rings (SSSR count). The van der Waals surface area contributed by atoms with E-state index in [1.54, 1.807) is 14.2 Å². The lowest BCUT2D eigenvalue weighted by atomic mass is 9.70. The van der Waals surface area contributed by atoms with E-state index in [1.807, 2.05) is 18.2 Å². The number of hydrogen-bond donors (Lipinski definition) is 2. The van der Waals surface area contributed by atoms with Gasteiger partial charge in [-0.3, -0.25) is 9.69 Å². The molecule has 2 aliphatic rings. The van der Waals surface area contributed by atoms with E-state index in [-0.39, 0.29) is 11.5 Å². The third-order valence-electron chi connectivity index (χ3n) is 5.37. The minimum absolute atomic E-state index is 0.0163. The first-order valence-corrected chi connectivity index (χ1v) is 9.02. The highest BCUT2D eigenvalue weighted by Crippen LogP contribution is 2.51. The molecular formula is C19H24F3NO6. The first-order chi connectivity index (χ1) is 13.5. The molecule has 1 saturated carbocycles. The quantitative estimate of drug-likeness (QED) is 0.757. The molecule has 0 aromatic heterocycles. The lowest BCUT2D eigenvalue weighted by Gasteiger charge is -2.54. The summed E-state index contributed by atoms with van der Waals surface area (Å²) in [4.78, 5) is 22.6. The first-order valence-electron chi connectivity index (χ1n) is 9.02. The van der Waals surface area contributed by atoms with E-state index in [2.05, 4.69) is 4.90 Å². The number of nitrogens with zero attached hydrogens (tertiary/aromatic N) is 1. The number of carbonyl (C=O) groups is 2. The summed E-state index contributed by atoms with van der Waals surface area (Å²) in [6, 6.07) is 5.43. The average molecular weight is 419 g/mol. The topological polar surface area (TPSA) is 96.3 Å². The molecule has 1 aromatic carbocycles. The molecule has 1 aliphatic carbocycles. The van der Waals surface area contributed by atoms with E-state index >= 15 is 0 Å². The van der Waals surface area contributed by atoms with Crippen LogP contribution < -0.4 is 9.47 Å². The Hall–Kier alpha value is -2.49. The van der Waals surface area contributed by atoms with Crippen LogP contribution in [0.25, 0.3) is 0 Å². The molecule has 1 saturated heterocycles. The highest BCUT2D eigenvalue weighted by atomic mass is 19.4. The Kier molecular flexibility index (Phi) is 6.99. The van der Waals surface area contributed by atoms with Crippen molar-refractivity contribution >= 4 is 11.9 Å². The van der Waals surface area contributed by atoms with Gasteiger partial charge >= 0.3 is 18.1 Å². The van der Waals surface area contributed by atoms with Gasteiger partial charge in [0.15, 0.2) is 11.5 Å². The minimum Gasteiger partial charge on any atom is -0.493 e. The van der Waals surface area contributed by atoms with E-state index in [9.17, 15) is 23.1 Å². The number of methoxy groups -OCH3 is 2. The Balaban J connectivity index is 0.000000370. The predicted molar refractivity (Wildman–Crippen MR) is 96.0 cm³/mol. The van der Waals surface area contributed by atoms with Crippen LogP contribution in [0.4, 0.5) is 13.2 Å². The van der Waals surface area contributed by atoms with Gasteiger partial charge in [0.05, 0.1) is 14.2 Å². The van der Waals surface area contributed by atoms with E-state index in [0.717, 1.165) is 37.8 Å². The van der Waals surface area contributed by atoms with Gasteiger partial charge in [-0.25, -0.2) is 4.79 Å². The van der Waals surface area contributed by atoms with Crippen LogP contribution in [0.5, 0.6) is 11.5 Å². The molecule has 7 nitrogen and oxygen atoms in total. The van der Waals surface area contributed by atoms with Crippen molar-refractivity contribution in [3.63, 3.8) is 0 Å². The van der Waals surface area contributed by atoms with Crippen LogP contribution in [0.1, 0.15) is 31.2 Å². The zero-order valence-corrected chi connectivity index (χ0v) is 16.2. The summed E-state index contributed by atoms with van der Waals surface area (Å²) in [6.07, 6.45) is -0.666. The third kappa shape index (κ3) is 5.11. The lowest BCUT2D eigenvalue weighted by molar-refractivity contribution is -0.192. The molecule has 10 heteroatoms. The van der Waals surface area contributed by atoms with E-state index in [1.165, 1.54) is 0 Å². The van der Waals surface area contributed by atoms with Gasteiger partial charge in [-0.1, -0.05) is 18.9 Å². The monoisotopic (exact) mass is 419 g/mol. The number of hydrogen-bond acceptors (Lipinski definition) is 5. The summed E-state index contributed by atoms with van der Waals surface area (Å²) >= 11 is 0. The molecule has 1 aliphatic heterocycles. The molecule has 29 heavy (non-hydrogen) atoms. The van der Waals surface area contributed by atoms with Crippen LogP contribution >= 0.6 is 0 Å². The van der Waals surface area contributed by atoms with Crippen molar-refractivity contribution in [1.82, 2.24) is 4.90 Å². The second kappa shape index (κ2) is 8.89. The molecule has 1 unspecified atom stereocenters. The maximum Gasteiger partial charge on any atom is 0.490 e. The zero-order valence-electron chi connectivity index (χ0n) is 16.2. The maximum absolute atomic E-state index is 11.7. The summed E-state index contributed by atoms with van der Waals surface area (Å²) < 4.78 is 42.3. The fraction of sp³-hybridized carbons (Fsp3) is 0.579. The number of benzene rings is 1. The van der Waals surface area contributed by atoms with Crippen LogP contribution in [0.2, 0.25) is 0 Å². The van der Waals surface area contributed by atoms with Gasteiger partial charge in [0.25, 0.3) is 0 Å². The Labute approximate surface area is 166 Å². The molecule has 2 fully saturated rings. The first kappa shape index (κ1) is 22.8. The fourth-order valence-corrected chi connectivity index (χ4v) is 4.15. The van der Waals surface area contributed by atoms with Gasteiger partial charge in [-0.15, -0.1) is 0 Å². The van der Waals surface area contributed by atoms with Crippen LogP contribution in [0.15, 0.2) is 18.2 Å². The number of rotatable bonds is 5. The maximum atomic E-state index is 11.7. The number of carboxylic acid groups (broad SMARTS) is 2. The summed E-state index contributed by atoms with van der Waals surface area (Å²) in [6.45, 7) is 1.53. The molecular weight excluding hydrogens is 395 g/mol. The van der Waals surface area contributed by atoms with Gasteiger partial charge in [0.2, 0.25) is 0 Å². The number of halogens is 3. The number of aliphatic carboxylic acids is 2. The second-order valence-corrected chi connectivity index (χ2v) is 7.21. The number of ether oxygens (including phenoxy) is 2. The van der Waals surface area contributed by atoms with Crippen molar-refractivity contribution < 1.29 is 42.4 Å². The largest absolute Gasteiger partial charge is 0.493 e. The van der Waals surface area contributed by atoms with Crippen molar-refractivity contribution in [3.05, 3.63) is 23.8 Å². The molecule has 1 spiro atoms. The molecule has 0 radical (unpaired) electrons. The average Bonchev–Trinajstić information content (AvgIpc) is 3.11. The van der Waals surface area contributed by atoms with Crippen LogP contribution in [0.3, 0.4) is 0 Å². The smallest absolute Gasteiger partial charge is 0.490 e. The second-order valence-electron chi connectivity index (χ2n) is 7.21. The van der Waals surface area contributed by atoms with Gasteiger partial charge < -0.3 is 19.7 Å². The lowest BCUT2D eigenvalue weighted by Crippen LogP contribution is -2.66. The normalized spacial score (nSPS) is 20.4. The summed E-state index contributed by atoms with van der Waals surface area (Å²) in [7, 11) is 3.22. The van der Waals surface area contributed by atoms with Gasteiger partial charge in [-0.05, 0) is 30.5 Å². The molecule has 1 heterocycles. The molecule has 2 N–H and O–H groups in total. The summed E-state index contributed by atoms with van der Waals surface area (Å²) in [5.41, 5.74) is 1.07. The number of alkyl halides is 3. The highest BCUT2D eigenvalue weighted by Gasteiger charge is 2.56. The van der Waals surface area contributed by atoms with E-state index < -0.39 is 18.1 Å². The van der Waals surface area contributed by atoms with Crippen molar-refractivity contribution in [3.8, 4) is 11.5 Å². The predicted octanol–water partition coefficient (Wildman–Crippen LogP) is 3.17. The van der Waals surface area contributed by atoms with Gasteiger partial charge in [0, 0.05) is 18.5 Å². The number of likely N-dealkylation sites (tertiary alicyclic amines) is 1. The van der Waals surface area contributed by atoms with Crippen LogP contribution in [-0.2, 0) is 16.1 Å². The molecule has 1 atom stereocenters. The Bertz CT molecular complexity index is 746. The standard InChI is InChI=1S/C17H23NO4.C2HF3O2/c1-21-13-6-5-12(9-14(13)22-2)10-18-11-17(7-3-4-8-17)15(18)16(19)20;3-2(4,5)1(6)7/h5-6,9,15H,3-4,7-8,10-11H2,1-2H3,(H,19,20);(H,6,7). The highest BCUT2D eigenvalue weighted by molar-refractivity contribution is 5.76. The summed E-state index contributed by atoms with van der Waals surface area (Å²) in [5.74, 6) is -2.07. The van der Waals surface area contributed by atoms with Gasteiger partial charge in [0.1, 0.15) is 6.04 Å². The van der Waals surface area contributed by atoms with Crippen molar-refractivity contribution in [1.29, 1.82) is 0 Å². The Morgan fingerprint density at radius 1 is 1.14 bits per heavy atom. The van der Waals surface area contributed by atoms with Crippen molar-refractivity contribution in [2.75, 3.05) is 20.8 Å². The third-order valence-corrected chi connectivity index (χ3v) is 5.37. The Morgan fingerprint density at radius 3 is 2.14 bits per heavy atom. The molecule has 0 amide bonds. The zero-order chi connectivity index (χ0) is 21.8. The molecule has 0 bridgehead atoms. The SMILES string of the molecule is COc1ccc(CN2CC3(CCCC3)C2C(=O)O)cc1OC.O=C(O)C(F)(F)F. The molecule has 162 valence electrons. The van der Waals surface area contributed by atoms with Crippen molar-refractivity contribution in [2.24, 2.45) is 5.41 Å². The van der Waals surface area contributed by atoms with Crippen LogP contribution in [0, 0.1) is 5.41 Å². The minimum atomic E-state index is -5.08. The summed E-state index contributed by atoms with van der Waals surface area (Å²) in [5, 5.41) is 16.7. The fourth-order valence-electron chi connectivity index (χ4n) is 4.15. The van der Waals surface area contributed by atoms with E-state index in [0.29, 0.717) is 18.0 Å². The van der Waals surface area contributed by atoms with Gasteiger partial charge in [-0.2, -0.15) is 13.2 Å². The van der Waals surface area contributed by atoms with E-state index in [4.69, 9.17) is 19.4 Å². The van der Waals surface area contributed by atoms with Crippen molar-refractivity contribution in [2.45, 2.75) is 44.4 Å². The molecule has 1 aromatic rings. The van der Waals surface area contributed by atoms with Crippen LogP contribution in [-0.4, -0.2) is 60.0 Å². The number of carboxylic acids is 2.